The van der Waals surface area contributed by atoms with Crippen LogP contribution >= 0.6 is 23.2 Å². The number of hydrogen-bond donors (Lipinski definition) is 1. The SMILES string of the molecule is C=C[C@H]1CC(=O)C[C@@H](c2cccc(Cl)c2)[C@]12C(=O)Nc1cc(Cl)ccc12. The average Bonchev–Trinajstić information content (AvgIpc) is 2.88. The number of nitrogens with one attached hydrogen (secondary N) is 1. The average molecular weight is 386 g/mol. The van der Waals surface area contributed by atoms with Gasteiger partial charge in [0, 0.05) is 40.4 Å². The van der Waals surface area contributed by atoms with Gasteiger partial charge in [0.2, 0.25) is 5.91 Å². The van der Waals surface area contributed by atoms with E-state index < -0.39 is 5.41 Å². The van der Waals surface area contributed by atoms with Crippen molar-refractivity contribution >= 4 is 40.6 Å². The molecule has 2 aromatic rings. The molecule has 1 aliphatic carbocycles. The fraction of sp³-hybridized carbons (Fsp3) is 0.238. The Morgan fingerprint density at radius 3 is 2.58 bits per heavy atom. The number of carbonyl (C=O) groups is 2. The number of amides is 1. The smallest absolute Gasteiger partial charge is 0.236 e. The first-order chi connectivity index (χ1) is 12.5. The van der Waals surface area contributed by atoms with Crippen molar-refractivity contribution in [2.75, 3.05) is 5.32 Å². The number of rotatable bonds is 2. The quantitative estimate of drug-likeness (QED) is 0.728. The maximum absolute atomic E-state index is 13.3. The van der Waals surface area contributed by atoms with Crippen LogP contribution in [0.1, 0.15) is 29.9 Å². The third kappa shape index (κ3) is 2.42. The topological polar surface area (TPSA) is 46.2 Å². The van der Waals surface area contributed by atoms with E-state index in [-0.39, 0.29) is 23.5 Å². The largest absolute Gasteiger partial charge is 0.325 e. The summed E-state index contributed by atoms with van der Waals surface area (Å²) in [6.07, 6.45) is 2.33. The van der Waals surface area contributed by atoms with Crippen molar-refractivity contribution in [3.05, 3.63) is 76.3 Å². The van der Waals surface area contributed by atoms with Gasteiger partial charge in [0.25, 0.3) is 0 Å². The highest BCUT2D eigenvalue weighted by Crippen LogP contribution is 2.57. The van der Waals surface area contributed by atoms with E-state index in [1.54, 1.807) is 24.3 Å². The van der Waals surface area contributed by atoms with Crippen LogP contribution in [-0.2, 0) is 15.0 Å². The number of fused-ring (bicyclic) bond motifs is 2. The highest BCUT2D eigenvalue weighted by Gasteiger charge is 2.59. The molecule has 1 N–H and O–H groups in total. The molecule has 3 nitrogen and oxygen atoms in total. The first-order valence-electron chi connectivity index (χ1n) is 8.48. The Hall–Kier alpha value is -2.10. The molecule has 132 valence electrons. The van der Waals surface area contributed by atoms with Gasteiger partial charge in [-0.25, -0.2) is 0 Å². The van der Waals surface area contributed by atoms with Gasteiger partial charge in [0.1, 0.15) is 5.78 Å². The molecule has 3 atom stereocenters. The van der Waals surface area contributed by atoms with Crippen LogP contribution in [0.25, 0.3) is 0 Å². The lowest BCUT2D eigenvalue weighted by Crippen LogP contribution is -2.50. The lowest BCUT2D eigenvalue weighted by molar-refractivity contribution is -0.129. The minimum absolute atomic E-state index is 0.114. The predicted molar refractivity (Wildman–Crippen MR) is 104 cm³/mol. The highest BCUT2D eigenvalue weighted by atomic mass is 35.5. The molecule has 5 heteroatoms. The van der Waals surface area contributed by atoms with E-state index in [0.717, 1.165) is 11.1 Å². The van der Waals surface area contributed by atoms with Gasteiger partial charge >= 0.3 is 0 Å². The Kier molecular flexibility index (Phi) is 4.17. The van der Waals surface area contributed by atoms with E-state index in [4.69, 9.17) is 23.2 Å². The molecule has 1 heterocycles. The number of anilines is 1. The Labute approximate surface area is 162 Å². The monoisotopic (exact) mass is 385 g/mol. The van der Waals surface area contributed by atoms with Crippen LogP contribution in [0.5, 0.6) is 0 Å². The molecule has 1 spiro atoms. The number of benzene rings is 2. The summed E-state index contributed by atoms with van der Waals surface area (Å²) in [5.41, 5.74) is 1.57. The third-order valence-corrected chi connectivity index (χ3v) is 6.07. The van der Waals surface area contributed by atoms with E-state index in [1.807, 2.05) is 24.3 Å². The fourth-order valence-electron chi connectivity index (χ4n) is 4.55. The Morgan fingerprint density at radius 2 is 1.85 bits per heavy atom. The number of carbonyl (C=O) groups excluding carboxylic acids is 2. The zero-order valence-corrected chi connectivity index (χ0v) is 15.5. The Balaban J connectivity index is 1.99. The van der Waals surface area contributed by atoms with E-state index in [1.165, 1.54) is 0 Å². The highest BCUT2D eigenvalue weighted by molar-refractivity contribution is 6.31. The summed E-state index contributed by atoms with van der Waals surface area (Å²) in [7, 11) is 0. The lowest BCUT2D eigenvalue weighted by Gasteiger charge is -2.44. The second kappa shape index (κ2) is 6.26. The summed E-state index contributed by atoms with van der Waals surface area (Å²) >= 11 is 12.3. The standard InChI is InChI=1S/C21H17Cl2NO2/c1-2-13-9-16(25)11-18(12-4-3-5-14(22)8-12)21(13)17-7-6-15(23)10-19(17)24-20(21)26/h2-8,10,13,18H,1,9,11H2,(H,24,26)/t13-,18-,21-/m0/s1. The number of hydrogen-bond acceptors (Lipinski definition) is 2. The molecular formula is C21H17Cl2NO2. The van der Waals surface area contributed by atoms with Crippen LogP contribution in [0.2, 0.25) is 10.0 Å². The van der Waals surface area contributed by atoms with E-state index in [2.05, 4.69) is 11.9 Å². The van der Waals surface area contributed by atoms with Gasteiger partial charge in [-0.15, -0.1) is 6.58 Å². The molecule has 2 aromatic carbocycles. The molecular weight excluding hydrogens is 369 g/mol. The van der Waals surface area contributed by atoms with Gasteiger partial charge in [-0.3, -0.25) is 9.59 Å². The van der Waals surface area contributed by atoms with E-state index >= 15 is 0 Å². The molecule has 26 heavy (non-hydrogen) atoms. The van der Waals surface area contributed by atoms with Gasteiger partial charge in [0.05, 0.1) is 5.41 Å². The summed E-state index contributed by atoms with van der Waals surface area (Å²) < 4.78 is 0. The minimum Gasteiger partial charge on any atom is -0.325 e. The van der Waals surface area contributed by atoms with Crippen molar-refractivity contribution in [3.8, 4) is 0 Å². The number of allylic oxidation sites excluding steroid dienone is 1. The molecule has 2 aliphatic rings. The summed E-state index contributed by atoms with van der Waals surface area (Å²) in [6, 6.07) is 12.8. The molecule has 1 aliphatic heterocycles. The number of halogens is 2. The van der Waals surface area contributed by atoms with Crippen molar-refractivity contribution < 1.29 is 9.59 Å². The Bertz CT molecular complexity index is 939. The molecule has 0 radical (unpaired) electrons. The lowest BCUT2D eigenvalue weighted by atomic mass is 9.55. The molecule has 1 amide bonds. The van der Waals surface area contributed by atoms with Gasteiger partial charge in [-0.05, 0) is 35.4 Å². The van der Waals surface area contributed by atoms with Crippen molar-refractivity contribution in [2.45, 2.75) is 24.2 Å². The van der Waals surface area contributed by atoms with Crippen LogP contribution < -0.4 is 5.32 Å². The zero-order chi connectivity index (χ0) is 18.5. The summed E-state index contributed by atoms with van der Waals surface area (Å²) in [5, 5.41) is 4.12. The zero-order valence-electron chi connectivity index (χ0n) is 14.0. The fourth-order valence-corrected chi connectivity index (χ4v) is 4.92. The second-order valence-corrected chi connectivity index (χ2v) is 7.78. The van der Waals surface area contributed by atoms with Gasteiger partial charge < -0.3 is 5.32 Å². The van der Waals surface area contributed by atoms with Crippen molar-refractivity contribution in [3.63, 3.8) is 0 Å². The van der Waals surface area contributed by atoms with Crippen LogP contribution in [-0.4, -0.2) is 11.7 Å². The van der Waals surface area contributed by atoms with Gasteiger partial charge in [-0.2, -0.15) is 0 Å². The maximum Gasteiger partial charge on any atom is 0.236 e. The molecule has 4 rings (SSSR count). The second-order valence-electron chi connectivity index (χ2n) is 6.91. The summed E-state index contributed by atoms with van der Waals surface area (Å²) in [6.45, 7) is 3.92. The molecule has 0 unspecified atom stereocenters. The van der Waals surface area contributed by atoms with E-state index in [0.29, 0.717) is 28.6 Å². The van der Waals surface area contributed by atoms with Gasteiger partial charge in [-0.1, -0.05) is 47.5 Å². The van der Waals surface area contributed by atoms with Crippen LogP contribution in [0, 0.1) is 5.92 Å². The molecule has 1 fully saturated rings. The van der Waals surface area contributed by atoms with Crippen LogP contribution in [0.15, 0.2) is 55.1 Å². The van der Waals surface area contributed by atoms with Crippen LogP contribution in [0.3, 0.4) is 0 Å². The summed E-state index contributed by atoms with van der Waals surface area (Å²) in [4.78, 5) is 25.8. The number of Topliss-reactive ketones (excluding diaryl/α,β-unsaturated/α-hetero) is 1. The minimum atomic E-state index is -0.889. The van der Waals surface area contributed by atoms with Gasteiger partial charge in [0.15, 0.2) is 0 Å². The Morgan fingerprint density at radius 1 is 1.08 bits per heavy atom. The predicted octanol–water partition coefficient (Wildman–Crippen LogP) is 5.13. The molecule has 1 saturated carbocycles. The van der Waals surface area contributed by atoms with Crippen molar-refractivity contribution in [1.82, 2.24) is 0 Å². The van der Waals surface area contributed by atoms with Crippen molar-refractivity contribution in [2.24, 2.45) is 5.92 Å². The van der Waals surface area contributed by atoms with Crippen LogP contribution in [0.4, 0.5) is 5.69 Å². The maximum atomic E-state index is 13.3. The first-order valence-corrected chi connectivity index (χ1v) is 9.23. The van der Waals surface area contributed by atoms with Crippen molar-refractivity contribution in [1.29, 1.82) is 0 Å². The first kappa shape index (κ1) is 17.3. The normalized spacial score (nSPS) is 27.3. The molecule has 0 aromatic heterocycles. The molecule has 0 bridgehead atoms. The summed E-state index contributed by atoms with van der Waals surface area (Å²) in [5.74, 6) is -0.596. The molecule has 0 saturated heterocycles. The third-order valence-electron chi connectivity index (χ3n) is 5.60. The number of ketones is 1. The van der Waals surface area contributed by atoms with E-state index in [9.17, 15) is 9.59 Å².